The lowest BCUT2D eigenvalue weighted by atomic mass is 10.0. The second kappa shape index (κ2) is 4.07. The number of nitrogens with zero attached hydrogens (tertiary/aromatic N) is 2. The fourth-order valence-electron chi connectivity index (χ4n) is 1.60. The summed E-state index contributed by atoms with van der Waals surface area (Å²) in [6.07, 6.45) is 2.70. The van der Waals surface area contributed by atoms with E-state index < -0.39 is 6.10 Å². The summed E-state index contributed by atoms with van der Waals surface area (Å²) in [5, 5.41) is 20.2. The van der Waals surface area contributed by atoms with Crippen LogP contribution >= 0.6 is 0 Å². The molecule has 0 aliphatic carbocycles. The van der Waals surface area contributed by atoms with Crippen LogP contribution in [0.3, 0.4) is 0 Å². The van der Waals surface area contributed by atoms with Gasteiger partial charge < -0.3 is 5.11 Å². The molecule has 1 heterocycles. The smallest absolute Gasteiger partial charge is 0.0940 e. The summed E-state index contributed by atoms with van der Waals surface area (Å²) in [5.74, 6) is 0. The van der Waals surface area contributed by atoms with Gasteiger partial charge in [0.1, 0.15) is 0 Å². The Balaban J connectivity index is 2.56. The quantitative estimate of drug-likeness (QED) is 0.804. The highest BCUT2D eigenvalue weighted by Gasteiger charge is 2.10. The number of aliphatic hydroxyl groups is 1. The number of pyridine rings is 1. The van der Waals surface area contributed by atoms with Crippen LogP contribution in [-0.4, -0.2) is 10.1 Å². The molecule has 0 aliphatic rings. The highest BCUT2D eigenvalue weighted by molar-refractivity contribution is 5.84. The van der Waals surface area contributed by atoms with Gasteiger partial charge in [-0.1, -0.05) is 24.3 Å². The SMILES string of the molecule is N#CCC(O)c1cncc2ccccc12. The maximum Gasteiger partial charge on any atom is 0.0940 e. The molecule has 0 aliphatic heterocycles. The van der Waals surface area contributed by atoms with Gasteiger partial charge in [0, 0.05) is 23.3 Å². The normalized spacial score (nSPS) is 12.3. The standard InChI is InChI=1S/C12H10N2O/c13-6-5-12(15)11-8-14-7-9-3-1-2-4-10(9)11/h1-4,7-8,12,15H,5H2. The molecule has 1 N–H and O–H groups in total. The van der Waals surface area contributed by atoms with E-state index in [1.165, 1.54) is 0 Å². The number of hydrogen-bond donors (Lipinski definition) is 1. The van der Waals surface area contributed by atoms with Gasteiger partial charge in [-0.15, -0.1) is 0 Å². The first-order valence-corrected chi connectivity index (χ1v) is 4.70. The maximum absolute atomic E-state index is 9.76. The zero-order valence-electron chi connectivity index (χ0n) is 8.09. The molecular weight excluding hydrogens is 188 g/mol. The van der Waals surface area contributed by atoms with Gasteiger partial charge in [-0.3, -0.25) is 4.98 Å². The predicted octanol–water partition coefficient (Wildman–Crippen LogP) is 2.18. The Morgan fingerprint density at radius 1 is 1.33 bits per heavy atom. The third-order valence-corrected chi connectivity index (χ3v) is 2.34. The Hall–Kier alpha value is -1.92. The van der Waals surface area contributed by atoms with Crippen molar-refractivity contribution in [2.75, 3.05) is 0 Å². The van der Waals surface area contributed by atoms with Crippen LogP contribution in [0.4, 0.5) is 0 Å². The lowest BCUT2D eigenvalue weighted by molar-refractivity contribution is 0.184. The van der Waals surface area contributed by atoms with Crippen molar-refractivity contribution in [3.05, 3.63) is 42.2 Å². The molecule has 0 amide bonds. The monoisotopic (exact) mass is 198 g/mol. The van der Waals surface area contributed by atoms with Crippen molar-refractivity contribution in [2.24, 2.45) is 0 Å². The van der Waals surface area contributed by atoms with Gasteiger partial charge in [-0.25, -0.2) is 0 Å². The summed E-state index contributed by atoms with van der Waals surface area (Å²) in [5.41, 5.74) is 0.717. The lowest BCUT2D eigenvalue weighted by Crippen LogP contribution is -1.97. The van der Waals surface area contributed by atoms with Crippen molar-refractivity contribution < 1.29 is 5.11 Å². The molecule has 2 aromatic rings. The summed E-state index contributed by atoms with van der Waals surface area (Å²) in [4.78, 5) is 4.05. The molecule has 0 saturated heterocycles. The number of aromatic nitrogens is 1. The van der Waals surface area contributed by atoms with Gasteiger partial charge >= 0.3 is 0 Å². The number of fused-ring (bicyclic) bond motifs is 1. The zero-order chi connectivity index (χ0) is 10.7. The molecule has 1 aromatic heterocycles. The number of aliphatic hydroxyl groups excluding tert-OH is 1. The molecule has 1 aromatic carbocycles. The third-order valence-electron chi connectivity index (χ3n) is 2.34. The number of benzene rings is 1. The average molecular weight is 198 g/mol. The molecule has 1 atom stereocenters. The van der Waals surface area contributed by atoms with E-state index in [0.717, 1.165) is 16.3 Å². The summed E-state index contributed by atoms with van der Waals surface area (Å²) in [6, 6.07) is 9.64. The number of hydrogen-bond acceptors (Lipinski definition) is 3. The van der Waals surface area contributed by atoms with E-state index in [4.69, 9.17) is 5.26 Å². The van der Waals surface area contributed by atoms with Crippen LogP contribution in [0, 0.1) is 11.3 Å². The van der Waals surface area contributed by atoms with E-state index >= 15 is 0 Å². The Kier molecular flexibility index (Phi) is 2.61. The van der Waals surface area contributed by atoms with Crippen LogP contribution in [0.5, 0.6) is 0 Å². The minimum absolute atomic E-state index is 0.0929. The summed E-state index contributed by atoms with van der Waals surface area (Å²) in [6.45, 7) is 0. The van der Waals surface area contributed by atoms with E-state index in [0.29, 0.717) is 0 Å². The van der Waals surface area contributed by atoms with Crippen molar-refractivity contribution in [3.8, 4) is 6.07 Å². The van der Waals surface area contributed by atoms with Gasteiger partial charge in [-0.05, 0) is 5.39 Å². The maximum atomic E-state index is 9.76. The minimum atomic E-state index is -0.756. The highest BCUT2D eigenvalue weighted by Crippen LogP contribution is 2.24. The van der Waals surface area contributed by atoms with E-state index in [1.807, 2.05) is 30.3 Å². The molecular formula is C12H10N2O. The molecule has 3 nitrogen and oxygen atoms in total. The Labute approximate surface area is 87.6 Å². The second-order valence-electron chi connectivity index (χ2n) is 3.33. The number of rotatable bonds is 2. The average Bonchev–Trinajstić information content (AvgIpc) is 2.28. The highest BCUT2D eigenvalue weighted by atomic mass is 16.3. The zero-order valence-corrected chi connectivity index (χ0v) is 8.09. The summed E-state index contributed by atoms with van der Waals surface area (Å²) < 4.78 is 0. The first kappa shape index (κ1) is 9.63. The van der Waals surface area contributed by atoms with Crippen molar-refractivity contribution >= 4 is 10.8 Å². The van der Waals surface area contributed by atoms with Crippen LogP contribution in [0.15, 0.2) is 36.7 Å². The summed E-state index contributed by atoms with van der Waals surface area (Å²) in [7, 11) is 0. The van der Waals surface area contributed by atoms with Crippen molar-refractivity contribution in [2.45, 2.75) is 12.5 Å². The topological polar surface area (TPSA) is 56.9 Å². The van der Waals surface area contributed by atoms with Crippen LogP contribution in [0.1, 0.15) is 18.1 Å². The first-order valence-electron chi connectivity index (χ1n) is 4.70. The Morgan fingerprint density at radius 2 is 2.13 bits per heavy atom. The van der Waals surface area contributed by atoms with E-state index in [-0.39, 0.29) is 6.42 Å². The van der Waals surface area contributed by atoms with Crippen LogP contribution in [0.25, 0.3) is 10.8 Å². The van der Waals surface area contributed by atoms with Crippen LogP contribution < -0.4 is 0 Å². The minimum Gasteiger partial charge on any atom is -0.387 e. The van der Waals surface area contributed by atoms with Crippen LogP contribution in [-0.2, 0) is 0 Å². The molecule has 2 rings (SSSR count). The van der Waals surface area contributed by atoms with E-state index in [1.54, 1.807) is 12.4 Å². The van der Waals surface area contributed by atoms with Gasteiger partial charge in [0.25, 0.3) is 0 Å². The molecule has 15 heavy (non-hydrogen) atoms. The van der Waals surface area contributed by atoms with E-state index in [9.17, 15) is 5.11 Å². The lowest BCUT2D eigenvalue weighted by Gasteiger charge is -2.09. The summed E-state index contributed by atoms with van der Waals surface area (Å²) >= 11 is 0. The fourth-order valence-corrected chi connectivity index (χ4v) is 1.60. The van der Waals surface area contributed by atoms with Crippen LogP contribution in [0.2, 0.25) is 0 Å². The molecule has 0 saturated carbocycles. The Bertz CT molecular complexity index is 511. The van der Waals surface area contributed by atoms with Gasteiger partial charge in [0.05, 0.1) is 18.6 Å². The molecule has 0 radical (unpaired) electrons. The number of nitriles is 1. The molecule has 0 fully saturated rings. The molecule has 74 valence electrons. The molecule has 1 unspecified atom stereocenters. The van der Waals surface area contributed by atoms with Gasteiger partial charge in [0.15, 0.2) is 0 Å². The third kappa shape index (κ3) is 1.80. The van der Waals surface area contributed by atoms with Crippen molar-refractivity contribution in [1.29, 1.82) is 5.26 Å². The molecule has 0 spiro atoms. The largest absolute Gasteiger partial charge is 0.387 e. The fraction of sp³-hybridized carbons (Fsp3) is 0.167. The van der Waals surface area contributed by atoms with E-state index in [2.05, 4.69) is 4.98 Å². The van der Waals surface area contributed by atoms with Crippen molar-refractivity contribution in [1.82, 2.24) is 4.98 Å². The Morgan fingerprint density at radius 3 is 2.93 bits per heavy atom. The van der Waals surface area contributed by atoms with Crippen molar-refractivity contribution in [3.63, 3.8) is 0 Å². The molecule has 0 bridgehead atoms. The van der Waals surface area contributed by atoms with Gasteiger partial charge in [0.2, 0.25) is 0 Å². The first-order chi connectivity index (χ1) is 7.33. The van der Waals surface area contributed by atoms with Gasteiger partial charge in [-0.2, -0.15) is 5.26 Å². The molecule has 3 heteroatoms. The second-order valence-corrected chi connectivity index (χ2v) is 3.33. The predicted molar refractivity (Wildman–Crippen MR) is 56.9 cm³/mol.